The minimum absolute atomic E-state index is 0.154. The summed E-state index contributed by atoms with van der Waals surface area (Å²) >= 11 is 9.75. The number of rotatable bonds is 12. The lowest BCUT2D eigenvalue weighted by Crippen LogP contribution is -2.29. The van der Waals surface area contributed by atoms with Crippen molar-refractivity contribution in [2.45, 2.75) is 52.4 Å². The van der Waals surface area contributed by atoms with E-state index in [0.29, 0.717) is 33.7 Å². The van der Waals surface area contributed by atoms with Crippen molar-refractivity contribution in [1.29, 1.82) is 0 Å². The molecule has 0 spiro atoms. The first-order valence-electron chi connectivity index (χ1n) is 10.6. The second-order valence-corrected chi connectivity index (χ2v) is 8.92. The average Bonchev–Trinajstić information content (AvgIpc) is 2.75. The van der Waals surface area contributed by atoms with Gasteiger partial charge in [0.05, 0.1) is 34.9 Å². The molecule has 0 aliphatic heterocycles. The van der Waals surface area contributed by atoms with E-state index in [1.807, 2.05) is 6.92 Å². The highest BCUT2D eigenvalue weighted by atomic mass is 79.9. The summed E-state index contributed by atoms with van der Waals surface area (Å²) in [6, 6.07) is 8.52. The summed E-state index contributed by atoms with van der Waals surface area (Å²) in [5.74, 6) is -0.234. The molecule has 0 fully saturated rings. The quantitative estimate of drug-likeness (QED) is 0.380. The molecule has 180 valence electrons. The van der Waals surface area contributed by atoms with Crippen LogP contribution in [0.4, 0.5) is 0 Å². The number of ether oxygens (including phenoxy) is 3. The van der Waals surface area contributed by atoms with Crippen LogP contribution < -0.4 is 14.8 Å². The monoisotopic (exact) mass is 541 g/mol. The van der Waals surface area contributed by atoms with Crippen molar-refractivity contribution in [3.63, 3.8) is 0 Å². The van der Waals surface area contributed by atoms with Gasteiger partial charge in [-0.15, -0.1) is 0 Å². The Morgan fingerprint density at radius 2 is 1.94 bits per heavy atom. The molecule has 0 heterocycles. The first-order chi connectivity index (χ1) is 15.7. The number of methoxy groups -OCH3 is 1. The van der Waals surface area contributed by atoms with Gasteiger partial charge in [-0.05, 0) is 66.0 Å². The number of amides is 1. The van der Waals surface area contributed by atoms with Gasteiger partial charge in [0.15, 0.2) is 6.10 Å². The zero-order valence-electron chi connectivity index (χ0n) is 19.1. The zero-order valence-corrected chi connectivity index (χ0v) is 21.5. The number of nitrogens with one attached hydrogen (secondary N) is 1. The third-order valence-corrected chi connectivity index (χ3v) is 5.52. The number of carboxylic acid groups (broad SMARTS) is 1. The molecule has 2 aromatic carbocycles. The molecule has 0 saturated carbocycles. The van der Waals surface area contributed by atoms with Crippen molar-refractivity contribution in [1.82, 2.24) is 5.32 Å². The fourth-order valence-electron chi connectivity index (χ4n) is 3.19. The molecular weight excluding hydrogens is 514 g/mol. The van der Waals surface area contributed by atoms with Crippen LogP contribution in [0.1, 0.15) is 48.7 Å². The Labute approximate surface area is 207 Å². The number of hydrogen-bond donors (Lipinski definition) is 2. The van der Waals surface area contributed by atoms with Gasteiger partial charge in [-0.25, -0.2) is 4.79 Å². The van der Waals surface area contributed by atoms with Crippen LogP contribution in [0.5, 0.6) is 11.5 Å². The number of benzene rings is 2. The molecule has 0 radical (unpaired) electrons. The van der Waals surface area contributed by atoms with Crippen molar-refractivity contribution >= 4 is 39.4 Å². The number of carbonyl (C=O) groups is 2. The number of hydrogen-bond acceptors (Lipinski definition) is 5. The summed E-state index contributed by atoms with van der Waals surface area (Å²) in [7, 11) is 1.53. The minimum atomic E-state index is -1.04. The van der Waals surface area contributed by atoms with Gasteiger partial charge in [0.25, 0.3) is 5.91 Å². The molecule has 2 rings (SSSR count). The van der Waals surface area contributed by atoms with Crippen LogP contribution in [0.25, 0.3) is 0 Å². The average molecular weight is 543 g/mol. The Hall–Kier alpha value is -2.29. The third-order valence-electron chi connectivity index (χ3n) is 4.61. The first-order valence-corrected chi connectivity index (χ1v) is 11.8. The second-order valence-electron chi connectivity index (χ2n) is 7.66. The van der Waals surface area contributed by atoms with Gasteiger partial charge in [0.2, 0.25) is 0 Å². The van der Waals surface area contributed by atoms with Crippen LogP contribution in [0.15, 0.2) is 34.8 Å². The molecule has 0 aliphatic carbocycles. The van der Waals surface area contributed by atoms with Crippen LogP contribution in [-0.4, -0.2) is 42.9 Å². The fraction of sp³-hybridized carbons (Fsp3) is 0.417. The lowest BCUT2D eigenvalue weighted by Gasteiger charge is -2.19. The summed E-state index contributed by atoms with van der Waals surface area (Å²) in [6.45, 7) is 6.30. The molecule has 2 aromatic rings. The van der Waals surface area contributed by atoms with Crippen molar-refractivity contribution in [3.8, 4) is 11.5 Å². The van der Waals surface area contributed by atoms with E-state index in [4.69, 9.17) is 25.8 Å². The standard InChI is InChI=1S/C24H29BrClNO6/c1-5-8-32-17-6-7-18(20(26)12-17)23(28)27-13-16-9-15(10-19(25)22(16)31-4)11-21(24(29)30)33-14(2)3/h6-7,9-10,12,14,21H,5,8,11,13H2,1-4H3,(H,27,28)(H,29,30). The van der Waals surface area contributed by atoms with E-state index in [0.717, 1.165) is 12.0 Å². The predicted octanol–water partition coefficient (Wildman–Crippen LogP) is 5.25. The molecule has 2 N–H and O–H groups in total. The molecule has 0 bridgehead atoms. The molecule has 33 heavy (non-hydrogen) atoms. The van der Waals surface area contributed by atoms with Gasteiger partial charge in [0.1, 0.15) is 11.5 Å². The molecule has 1 atom stereocenters. The number of halogens is 2. The third kappa shape index (κ3) is 7.91. The van der Waals surface area contributed by atoms with Crippen molar-refractivity contribution in [2.75, 3.05) is 13.7 Å². The van der Waals surface area contributed by atoms with Gasteiger partial charge >= 0.3 is 5.97 Å². The van der Waals surface area contributed by atoms with Crippen LogP contribution in [0.3, 0.4) is 0 Å². The highest BCUT2D eigenvalue weighted by Crippen LogP contribution is 2.32. The van der Waals surface area contributed by atoms with E-state index in [1.54, 1.807) is 44.2 Å². The van der Waals surface area contributed by atoms with Gasteiger partial charge in [-0.1, -0.05) is 24.6 Å². The van der Waals surface area contributed by atoms with Gasteiger partial charge in [-0.3, -0.25) is 4.79 Å². The SMILES string of the molecule is CCCOc1ccc(C(=O)NCc2cc(CC(OC(C)C)C(=O)O)cc(Br)c2OC)c(Cl)c1. The molecule has 7 nitrogen and oxygen atoms in total. The molecule has 0 saturated heterocycles. The zero-order chi connectivity index (χ0) is 24.5. The summed E-state index contributed by atoms with van der Waals surface area (Å²) in [5, 5.41) is 12.6. The smallest absolute Gasteiger partial charge is 0.333 e. The Bertz CT molecular complexity index is 982. The summed E-state index contributed by atoms with van der Waals surface area (Å²) in [4.78, 5) is 24.3. The highest BCUT2D eigenvalue weighted by Gasteiger charge is 2.22. The normalized spacial score (nSPS) is 11.8. The number of aliphatic carboxylic acids is 1. The Balaban J connectivity index is 2.19. The number of carbonyl (C=O) groups excluding carboxylic acids is 1. The van der Waals surface area contributed by atoms with E-state index in [1.165, 1.54) is 7.11 Å². The van der Waals surface area contributed by atoms with Crippen LogP contribution in [0, 0.1) is 0 Å². The number of carboxylic acids is 1. The molecule has 1 amide bonds. The van der Waals surface area contributed by atoms with Crippen molar-refractivity contribution in [3.05, 3.63) is 56.5 Å². The fourth-order valence-corrected chi connectivity index (χ4v) is 4.15. The summed E-state index contributed by atoms with van der Waals surface area (Å²) < 4.78 is 17.2. The topological polar surface area (TPSA) is 94.1 Å². The van der Waals surface area contributed by atoms with Crippen molar-refractivity contribution < 1.29 is 28.9 Å². The highest BCUT2D eigenvalue weighted by molar-refractivity contribution is 9.10. The van der Waals surface area contributed by atoms with Gasteiger partial charge in [-0.2, -0.15) is 0 Å². The largest absolute Gasteiger partial charge is 0.495 e. The maximum absolute atomic E-state index is 12.7. The minimum Gasteiger partial charge on any atom is -0.495 e. The first kappa shape index (κ1) is 27.0. The van der Waals surface area contributed by atoms with E-state index >= 15 is 0 Å². The lowest BCUT2D eigenvalue weighted by molar-refractivity contribution is -0.153. The van der Waals surface area contributed by atoms with Gasteiger partial charge < -0.3 is 24.6 Å². The molecule has 0 aliphatic rings. The van der Waals surface area contributed by atoms with Crippen LogP contribution in [0.2, 0.25) is 5.02 Å². The molecule has 9 heteroatoms. The van der Waals surface area contributed by atoms with Crippen LogP contribution >= 0.6 is 27.5 Å². The van der Waals surface area contributed by atoms with Crippen molar-refractivity contribution in [2.24, 2.45) is 0 Å². The predicted molar refractivity (Wildman–Crippen MR) is 130 cm³/mol. The maximum atomic E-state index is 12.7. The Kier molecular flexibility index (Phi) is 10.5. The molecule has 0 aromatic heterocycles. The summed E-state index contributed by atoms with van der Waals surface area (Å²) in [6.07, 6.45) is -0.176. The van der Waals surface area contributed by atoms with E-state index in [2.05, 4.69) is 21.2 Å². The second kappa shape index (κ2) is 12.8. The van der Waals surface area contributed by atoms with E-state index in [-0.39, 0.29) is 30.0 Å². The van der Waals surface area contributed by atoms with E-state index < -0.39 is 12.1 Å². The van der Waals surface area contributed by atoms with Crippen LogP contribution in [-0.2, 0) is 22.5 Å². The maximum Gasteiger partial charge on any atom is 0.333 e. The van der Waals surface area contributed by atoms with E-state index in [9.17, 15) is 14.7 Å². The Morgan fingerprint density at radius 1 is 1.21 bits per heavy atom. The Morgan fingerprint density at radius 3 is 2.52 bits per heavy atom. The molecule has 1 unspecified atom stereocenters. The van der Waals surface area contributed by atoms with Gasteiger partial charge in [0, 0.05) is 18.5 Å². The lowest BCUT2D eigenvalue weighted by atomic mass is 10.0. The molecular formula is C24H29BrClNO6. The summed E-state index contributed by atoms with van der Waals surface area (Å²) in [5.41, 5.74) is 1.74.